The highest BCUT2D eigenvalue weighted by molar-refractivity contribution is 7.12. The van der Waals surface area contributed by atoms with Crippen molar-refractivity contribution in [1.29, 1.82) is 0 Å². The van der Waals surface area contributed by atoms with Crippen LogP contribution in [0.2, 0.25) is 0 Å². The van der Waals surface area contributed by atoms with Gasteiger partial charge in [0.1, 0.15) is 11.8 Å². The number of thiophene rings is 1. The summed E-state index contributed by atoms with van der Waals surface area (Å²) in [6.45, 7) is 5.40. The molecule has 0 fully saturated rings. The molecule has 2 amide bonds. The molecule has 0 aliphatic carbocycles. The van der Waals surface area contributed by atoms with E-state index < -0.39 is 24.0 Å². The van der Waals surface area contributed by atoms with Gasteiger partial charge in [-0.3, -0.25) is 9.59 Å². The van der Waals surface area contributed by atoms with Crippen LogP contribution in [0.3, 0.4) is 0 Å². The molecule has 0 unspecified atom stereocenters. The predicted octanol–water partition coefficient (Wildman–Crippen LogP) is 2.76. The van der Waals surface area contributed by atoms with Crippen molar-refractivity contribution in [2.45, 2.75) is 39.5 Å². The van der Waals surface area contributed by atoms with E-state index in [2.05, 4.69) is 10.6 Å². The molecular weight excluding hydrogens is 392 g/mol. The number of nitrogens with one attached hydrogen (secondary N) is 2. The summed E-state index contributed by atoms with van der Waals surface area (Å²) in [7, 11) is 1.58. The van der Waals surface area contributed by atoms with E-state index >= 15 is 0 Å². The number of carbonyl (C=O) groups excluding carboxylic acids is 3. The lowest BCUT2D eigenvalue weighted by molar-refractivity contribution is -0.157. The standard InChI is InChI=1S/C21H26N2O5S/c1-13(2)18(23-20(25)17-6-5-11-29-17)21(26)28-14(3)19(24)22-12-15-7-9-16(27-4)10-8-15/h5-11,13-14,18H,12H2,1-4H3,(H,22,24)(H,23,25)/t14-,18+/m1/s1. The van der Waals surface area contributed by atoms with Gasteiger partial charge >= 0.3 is 5.97 Å². The Morgan fingerprint density at radius 3 is 2.31 bits per heavy atom. The molecule has 0 saturated carbocycles. The third-order valence-electron chi connectivity index (χ3n) is 4.24. The SMILES string of the molecule is COc1ccc(CNC(=O)[C@@H](C)OC(=O)[C@@H](NC(=O)c2cccs2)C(C)C)cc1. The Morgan fingerprint density at radius 1 is 1.07 bits per heavy atom. The molecule has 2 aromatic rings. The first-order chi connectivity index (χ1) is 13.8. The van der Waals surface area contributed by atoms with E-state index in [4.69, 9.17) is 9.47 Å². The average molecular weight is 419 g/mol. The average Bonchev–Trinajstić information content (AvgIpc) is 3.25. The zero-order chi connectivity index (χ0) is 21.4. The molecule has 2 N–H and O–H groups in total. The minimum Gasteiger partial charge on any atom is -0.497 e. The quantitative estimate of drug-likeness (QED) is 0.611. The van der Waals surface area contributed by atoms with E-state index in [0.717, 1.165) is 11.3 Å². The Balaban J connectivity index is 1.88. The fourth-order valence-corrected chi connectivity index (χ4v) is 3.12. The molecule has 2 rings (SSSR count). The zero-order valence-corrected chi connectivity index (χ0v) is 17.7. The number of amides is 2. The fraction of sp³-hybridized carbons (Fsp3) is 0.381. The second-order valence-corrected chi connectivity index (χ2v) is 7.77. The summed E-state index contributed by atoms with van der Waals surface area (Å²) in [6.07, 6.45) is -0.986. The maximum atomic E-state index is 12.5. The van der Waals surface area contributed by atoms with Crippen LogP contribution in [0.25, 0.3) is 0 Å². The third-order valence-corrected chi connectivity index (χ3v) is 5.11. The predicted molar refractivity (Wildman–Crippen MR) is 111 cm³/mol. The van der Waals surface area contributed by atoms with Gasteiger partial charge in [0.05, 0.1) is 12.0 Å². The summed E-state index contributed by atoms with van der Waals surface area (Å²) in [5, 5.41) is 7.20. The van der Waals surface area contributed by atoms with Gasteiger partial charge in [0.15, 0.2) is 6.10 Å². The van der Waals surface area contributed by atoms with Gasteiger partial charge < -0.3 is 20.1 Å². The van der Waals surface area contributed by atoms with Crippen molar-refractivity contribution in [3.05, 3.63) is 52.2 Å². The topological polar surface area (TPSA) is 93.7 Å². The van der Waals surface area contributed by atoms with Crippen LogP contribution >= 0.6 is 11.3 Å². The first kappa shape index (κ1) is 22.4. The first-order valence-corrected chi connectivity index (χ1v) is 10.1. The molecule has 0 aliphatic heterocycles. The molecule has 0 aliphatic rings. The van der Waals surface area contributed by atoms with Crippen molar-refractivity contribution in [3.63, 3.8) is 0 Å². The zero-order valence-electron chi connectivity index (χ0n) is 16.9. The smallest absolute Gasteiger partial charge is 0.329 e. The molecule has 7 nitrogen and oxygen atoms in total. The van der Waals surface area contributed by atoms with Crippen LogP contribution < -0.4 is 15.4 Å². The highest BCUT2D eigenvalue weighted by Crippen LogP contribution is 2.13. The van der Waals surface area contributed by atoms with Gasteiger partial charge in [-0.2, -0.15) is 0 Å². The number of hydrogen-bond acceptors (Lipinski definition) is 6. The lowest BCUT2D eigenvalue weighted by Gasteiger charge is -2.22. The Morgan fingerprint density at radius 2 is 1.76 bits per heavy atom. The van der Waals surface area contributed by atoms with E-state index in [1.165, 1.54) is 18.3 Å². The van der Waals surface area contributed by atoms with Gasteiger partial charge in [-0.1, -0.05) is 32.0 Å². The maximum absolute atomic E-state index is 12.5. The van der Waals surface area contributed by atoms with Crippen molar-refractivity contribution >= 4 is 29.1 Å². The fourth-order valence-electron chi connectivity index (χ4n) is 2.50. The van der Waals surface area contributed by atoms with E-state index in [1.54, 1.807) is 50.6 Å². The molecule has 1 aromatic carbocycles. The van der Waals surface area contributed by atoms with Crippen LogP contribution in [0.4, 0.5) is 0 Å². The first-order valence-electron chi connectivity index (χ1n) is 9.27. The van der Waals surface area contributed by atoms with Crippen LogP contribution in [0.5, 0.6) is 5.75 Å². The van der Waals surface area contributed by atoms with E-state index in [-0.39, 0.29) is 11.8 Å². The van der Waals surface area contributed by atoms with Crippen molar-refractivity contribution < 1.29 is 23.9 Å². The van der Waals surface area contributed by atoms with Crippen LogP contribution in [-0.2, 0) is 20.9 Å². The van der Waals surface area contributed by atoms with Crippen molar-refractivity contribution in [2.24, 2.45) is 5.92 Å². The monoisotopic (exact) mass is 418 g/mol. The summed E-state index contributed by atoms with van der Waals surface area (Å²) >= 11 is 1.29. The van der Waals surface area contributed by atoms with Crippen LogP contribution in [-0.4, -0.2) is 37.0 Å². The van der Waals surface area contributed by atoms with Crippen molar-refractivity contribution in [3.8, 4) is 5.75 Å². The molecule has 156 valence electrons. The number of methoxy groups -OCH3 is 1. The van der Waals surface area contributed by atoms with Gasteiger partial charge in [0, 0.05) is 6.54 Å². The molecule has 0 spiro atoms. The minimum absolute atomic E-state index is 0.194. The summed E-state index contributed by atoms with van der Waals surface area (Å²) in [5.41, 5.74) is 0.890. The minimum atomic E-state index is -0.986. The normalized spacial score (nSPS) is 12.7. The molecule has 8 heteroatoms. The van der Waals surface area contributed by atoms with E-state index in [1.807, 2.05) is 12.1 Å². The van der Waals surface area contributed by atoms with Gasteiger partial charge in [-0.05, 0) is 42.0 Å². The molecule has 1 heterocycles. The number of benzene rings is 1. The number of rotatable bonds is 9. The van der Waals surface area contributed by atoms with E-state index in [0.29, 0.717) is 11.4 Å². The Labute approximate surface area is 174 Å². The van der Waals surface area contributed by atoms with E-state index in [9.17, 15) is 14.4 Å². The summed E-state index contributed by atoms with van der Waals surface area (Å²) < 4.78 is 10.4. The number of hydrogen-bond donors (Lipinski definition) is 2. The lowest BCUT2D eigenvalue weighted by Crippen LogP contribution is -2.47. The molecular formula is C21H26N2O5S. The Bertz CT molecular complexity index is 818. The van der Waals surface area contributed by atoms with Gasteiger partial charge in [0.25, 0.3) is 11.8 Å². The highest BCUT2D eigenvalue weighted by Gasteiger charge is 2.29. The summed E-state index contributed by atoms with van der Waals surface area (Å²) in [5.74, 6) is -0.863. The molecule has 29 heavy (non-hydrogen) atoms. The molecule has 2 atom stereocenters. The number of carbonyl (C=O) groups is 3. The second kappa shape index (κ2) is 10.6. The summed E-state index contributed by atoms with van der Waals surface area (Å²) in [4.78, 5) is 37.6. The largest absolute Gasteiger partial charge is 0.497 e. The van der Waals surface area contributed by atoms with Crippen molar-refractivity contribution in [1.82, 2.24) is 10.6 Å². The summed E-state index contributed by atoms with van der Waals surface area (Å²) in [6, 6.07) is 9.87. The Hall–Kier alpha value is -2.87. The number of ether oxygens (including phenoxy) is 2. The molecule has 0 saturated heterocycles. The maximum Gasteiger partial charge on any atom is 0.329 e. The number of esters is 1. The molecule has 0 radical (unpaired) electrons. The second-order valence-electron chi connectivity index (χ2n) is 6.82. The van der Waals surface area contributed by atoms with Crippen LogP contribution in [0, 0.1) is 5.92 Å². The molecule has 0 bridgehead atoms. The van der Waals surface area contributed by atoms with Crippen LogP contribution in [0.1, 0.15) is 36.0 Å². The van der Waals surface area contributed by atoms with Gasteiger partial charge in [0.2, 0.25) is 0 Å². The van der Waals surface area contributed by atoms with Crippen LogP contribution in [0.15, 0.2) is 41.8 Å². The molecule has 1 aromatic heterocycles. The van der Waals surface area contributed by atoms with Crippen molar-refractivity contribution in [2.75, 3.05) is 7.11 Å². The lowest BCUT2D eigenvalue weighted by atomic mass is 10.0. The van der Waals surface area contributed by atoms with Gasteiger partial charge in [-0.15, -0.1) is 11.3 Å². The third kappa shape index (κ3) is 6.60. The highest BCUT2D eigenvalue weighted by atomic mass is 32.1. The van der Waals surface area contributed by atoms with Gasteiger partial charge in [-0.25, -0.2) is 4.79 Å². The Kier molecular flexibility index (Phi) is 8.21.